The summed E-state index contributed by atoms with van der Waals surface area (Å²) in [6, 6.07) is 3.48. The van der Waals surface area contributed by atoms with Gasteiger partial charge in [0.15, 0.2) is 0 Å². The van der Waals surface area contributed by atoms with Gasteiger partial charge in [0.25, 0.3) is 0 Å². The van der Waals surface area contributed by atoms with E-state index in [0.717, 1.165) is 38.0 Å². The highest BCUT2D eigenvalue weighted by Crippen LogP contribution is 2.43. The Morgan fingerprint density at radius 3 is 2.90 bits per heavy atom. The van der Waals surface area contributed by atoms with Gasteiger partial charge in [-0.25, -0.2) is 4.39 Å². The maximum atomic E-state index is 13.1. The van der Waals surface area contributed by atoms with Crippen molar-refractivity contribution in [2.75, 3.05) is 25.2 Å². The fourth-order valence-electron chi connectivity index (χ4n) is 3.64. The van der Waals surface area contributed by atoms with Crippen LogP contribution in [-0.2, 0) is 4.74 Å². The molecule has 3 heterocycles. The van der Waals surface area contributed by atoms with Gasteiger partial charge in [0.2, 0.25) is 0 Å². The van der Waals surface area contributed by atoms with Crippen molar-refractivity contribution in [1.29, 1.82) is 0 Å². The van der Waals surface area contributed by atoms with Crippen LogP contribution in [0.15, 0.2) is 18.3 Å². The number of nitrogens with one attached hydrogen (secondary N) is 1. The molecule has 0 radical (unpaired) electrons. The zero-order valence-corrected chi connectivity index (χ0v) is 13.3. The lowest BCUT2D eigenvalue weighted by Gasteiger charge is -2.45. The standard InChI is InChI=1S/C16H23FN2OS/c1-18-15(14-3-2-13(17)11-19-14)12-4-7-20-16(10-12)5-8-21-9-6-16/h2-3,11-12,15,18H,4-10H2,1H3. The Labute approximate surface area is 130 Å². The SMILES string of the molecule is CNC(c1ccc(F)cn1)C1CCOC2(CCSCC2)C1. The summed E-state index contributed by atoms with van der Waals surface area (Å²) in [6.45, 7) is 0.828. The molecule has 2 aliphatic heterocycles. The minimum absolute atomic E-state index is 0.0727. The first-order valence-corrected chi connectivity index (χ1v) is 8.88. The first-order valence-electron chi connectivity index (χ1n) is 7.73. The van der Waals surface area contributed by atoms with Crippen molar-refractivity contribution in [2.45, 2.75) is 37.3 Å². The van der Waals surface area contributed by atoms with E-state index in [9.17, 15) is 4.39 Å². The van der Waals surface area contributed by atoms with Gasteiger partial charge in [0, 0.05) is 6.61 Å². The van der Waals surface area contributed by atoms with E-state index in [4.69, 9.17) is 4.74 Å². The Morgan fingerprint density at radius 1 is 1.43 bits per heavy atom. The van der Waals surface area contributed by atoms with Gasteiger partial charge in [-0.15, -0.1) is 0 Å². The zero-order chi connectivity index (χ0) is 14.7. The van der Waals surface area contributed by atoms with Crippen molar-refractivity contribution in [1.82, 2.24) is 10.3 Å². The smallest absolute Gasteiger partial charge is 0.141 e. The molecular weight excluding hydrogens is 287 g/mol. The van der Waals surface area contributed by atoms with Crippen molar-refractivity contribution in [3.63, 3.8) is 0 Å². The van der Waals surface area contributed by atoms with Gasteiger partial charge in [0.1, 0.15) is 5.82 Å². The highest BCUT2D eigenvalue weighted by atomic mass is 32.2. The lowest BCUT2D eigenvalue weighted by atomic mass is 9.78. The number of rotatable bonds is 3. The Morgan fingerprint density at radius 2 is 2.24 bits per heavy atom. The van der Waals surface area contributed by atoms with Crippen LogP contribution in [0.2, 0.25) is 0 Å². The Hall–Kier alpha value is -0.650. The molecule has 0 bridgehead atoms. The third kappa shape index (κ3) is 3.41. The van der Waals surface area contributed by atoms with E-state index in [2.05, 4.69) is 10.3 Å². The molecule has 2 fully saturated rings. The summed E-state index contributed by atoms with van der Waals surface area (Å²) in [4.78, 5) is 4.28. The van der Waals surface area contributed by atoms with Crippen molar-refractivity contribution in [3.05, 3.63) is 29.8 Å². The topological polar surface area (TPSA) is 34.2 Å². The van der Waals surface area contributed by atoms with Crippen molar-refractivity contribution < 1.29 is 9.13 Å². The number of aromatic nitrogens is 1. The number of ether oxygens (including phenoxy) is 1. The van der Waals surface area contributed by atoms with E-state index < -0.39 is 0 Å². The summed E-state index contributed by atoms with van der Waals surface area (Å²) >= 11 is 2.03. The quantitative estimate of drug-likeness (QED) is 0.930. The van der Waals surface area contributed by atoms with Gasteiger partial charge in [-0.2, -0.15) is 11.8 Å². The molecule has 1 aromatic rings. The maximum absolute atomic E-state index is 13.1. The summed E-state index contributed by atoms with van der Waals surface area (Å²) in [5.41, 5.74) is 1.01. The number of hydrogen-bond donors (Lipinski definition) is 1. The minimum Gasteiger partial charge on any atom is -0.375 e. The predicted octanol–water partition coefficient (Wildman–Crippen LogP) is 3.17. The molecule has 3 rings (SSSR count). The number of halogens is 1. The Kier molecular flexibility index (Phi) is 4.82. The number of nitrogens with zero attached hydrogens (tertiary/aromatic N) is 1. The van der Waals surface area contributed by atoms with E-state index >= 15 is 0 Å². The fourth-order valence-corrected chi connectivity index (χ4v) is 4.88. The second-order valence-corrected chi connectivity index (χ2v) is 7.29. The Balaban J connectivity index is 1.75. The van der Waals surface area contributed by atoms with Crippen LogP contribution in [0.4, 0.5) is 4.39 Å². The van der Waals surface area contributed by atoms with Crippen LogP contribution in [0.1, 0.15) is 37.4 Å². The maximum Gasteiger partial charge on any atom is 0.141 e. The molecule has 2 aliphatic rings. The largest absolute Gasteiger partial charge is 0.375 e. The van der Waals surface area contributed by atoms with Gasteiger partial charge >= 0.3 is 0 Å². The van der Waals surface area contributed by atoms with Gasteiger partial charge in [-0.3, -0.25) is 4.98 Å². The van der Waals surface area contributed by atoms with E-state index in [0.29, 0.717) is 5.92 Å². The number of pyridine rings is 1. The summed E-state index contributed by atoms with van der Waals surface area (Å²) in [7, 11) is 1.97. The average molecular weight is 310 g/mol. The summed E-state index contributed by atoms with van der Waals surface area (Å²) < 4.78 is 19.2. The van der Waals surface area contributed by atoms with Crippen LogP contribution < -0.4 is 5.32 Å². The van der Waals surface area contributed by atoms with Crippen LogP contribution >= 0.6 is 11.8 Å². The van der Waals surface area contributed by atoms with Gasteiger partial charge < -0.3 is 10.1 Å². The Bertz CT molecular complexity index is 456. The molecular formula is C16H23FN2OS. The van der Waals surface area contributed by atoms with Gasteiger partial charge in [0.05, 0.1) is 23.5 Å². The van der Waals surface area contributed by atoms with Crippen LogP contribution in [0, 0.1) is 11.7 Å². The van der Waals surface area contributed by atoms with Crippen LogP contribution in [0.5, 0.6) is 0 Å². The molecule has 21 heavy (non-hydrogen) atoms. The zero-order valence-electron chi connectivity index (χ0n) is 12.5. The van der Waals surface area contributed by atoms with E-state index in [1.165, 1.54) is 23.8 Å². The van der Waals surface area contributed by atoms with Crippen LogP contribution in [0.3, 0.4) is 0 Å². The normalized spacial score (nSPS) is 26.7. The lowest BCUT2D eigenvalue weighted by Crippen LogP contribution is -2.45. The molecule has 0 saturated carbocycles. The van der Waals surface area contributed by atoms with Crippen LogP contribution in [0.25, 0.3) is 0 Å². The second kappa shape index (κ2) is 6.63. The predicted molar refractivity (Wildman–Crippen MR) is 84.0 cm³/mol. The molecule has 2 unspecified atom stereocenters. The van der Waals surface area contributed by atoms with Crippen LogP contribution in [-0.4, -0.2) is 35.7 Å². The molecule has 2 atom stereocenters. The van der Waals surface area contributed by atoms with Crippen molar-refractivity contribution in [2.24, 2.45) is 5.92 Å². The molecule has 1 N–H and O–H groups in total. The third-order valence-corrected chi connectivity index (χ3v) is 5.77. The number of thioether (sulfide) groups is 1. The lowest BCUT2D eigenvalue weighted by molar-refractivity contribution is -0.107. The highest BCUT2D eigenvalue weighted by molar-refractivity contribution is 7.99. The second-order valence-electron chi connectivity index (χ2n) is 6.06. The fraction of sp³-hybridized carbons (Fsp3) is 0.688. The molecule has 0 aromatic carbocycles. The van der Waals surface area contributed by atoms with Gasteiger partial charge in [-0.05, 0) is 62.3 Å². The third-order valence-electron chi connectivity index (χ3n) is 4.79. The van der Waals surface area contributed by atoms with Crippen molar-refractivity contribution >= 4 is 11.8 Å². The van der Waals surface area contributed by atoms with E-state index in [-0.39, 0.29) is 17.5 Å². The molecule has 1 aromatic heterocycles. The molecule has 0 aliphatic carbocycles. The molecule has 1 spiro atoms. The minimum atomic E-state index is -0.277. The molecule has 3 nitrogen and oxygen atoms in total. The molecule has 2 saturated heterocycles. The van der Waals surface area contributed by atoms with Gasteiger partial charge in [-0.1, -0.05) is 0 Å². The van der Waals surface area contributed by atoms with E-state index in [1.54, 1.807) is 6.07 Å². The summed E-state index contributed by atoms with van der Waals surface area (Å²) in [5, 5.41) is 3.38. The number of hydrogen-bond acceptors (Lipinski definition) is 4. The van der Waals surface area contributed by atoms with Crippen molar-refractivity contribution in [3.8, 4) is 0 Å². The first-order chi connectivity index (χ1) is 10.2. The summed E-state index contributed by atoms with van der Waals surface area (Å²) in [6.07, 6.45) is 5.74. The molecule has 5 heteroatoms. The average Bonchev–Trinajstić information content (AvgIpc) is 2.51. The molecule has 0 amide bonds. The summed E-state index contributed by atoms with van der Waals surface area (Å²) in [5.74, 6) is 2.63. The molecule has 116 valence electrons. The first kappa shape index (κ1) is 15.3. The monoisotopic (exact) mass is 310 g/mol. The van der Waals surface area contributed by atoms with E-state index in [1.807, 2.05) is 18.8 Å². The highest BCUT2D eigenvalue weighted by Gasteiger charge is 2.41.